The summed E-state index contributed by atoms with van der Waals surface area (Å²) in [5, 5.41) is 13.0. The van der Waals surface area contributed by atoms with Crippen molar-refractivity contribution in [3.8, 4) is 22.3 Å². The van der Waals surface area contributed by atoms with Gasteiger partial charge in [-0.05, 0) is 83.2 Å². The maximum absolute atomic E-state index is 10.4. The highest BCUT2D eigenvalue weighted by Gasteiger charge is 2.36. The van der Waals surface area contributed by atoms with Crippen molar-refractivity contribution in [2.75, 3.05) is 0 Å². The third-order valence-corrected chi connectivity index (χ3v) is 6.66. The minimum absolute atomic E-state index is 0.124. The molecule has 0 saturated carbocycles. The summed E-state index contributed by atoms with van der Waals surface area (Å²) < 4.78 is 6.18. The molecule has 0 aromatic heterocycles. The fourth-order valence-electron chi connectivity index (χ4n) is 3.95. The number of rotatable bonds is 4. The monoisotopic (exact) mass is 386 g/mol. The first-order valence-electron chi connectivity index (χ1n) is 10.5. The Morgan fingerprint density at radius 1 is 0.759 bits per heavy atom. The molecule has 0 saturated heterocycles. The van der Waals surface area contributed by atoms with E-state index in [2.05, 4.69) is 69.3 Å². The van der Waals surface area contributed by atoms with E-state index in [1.165, 1.54) is 38.6 Å². The Balaban J connectivity index is 1.80. The molecule has 2 nitrogen and oxygen atoms in total. The minimum atomic E-state index is -0.915. The maximum Gasteiger partial charge on any atom is 0.310 e. The van der Waals surface area contributed by atoms with Gasteiger partial charge in [0.25, 0.3) is 0 Å². The molecule has 0 spiro atoms. The summed E-state index contributed by atoms with van der Waals surface area (Å²) in [6.07, 6.45) is 0. The smallest absolute Gasteiger partial charge is 0.310 e. The van der Waals surface area contributed by atoms with E-state index in [9.17, 15) is 5.11 Å². The molecule has 0 aliphatic heterocycles. The zero-order valence-corrected chi connectivity index (χ0v) is 18.7. The summed E-state index contributed by atoms with van der Waals surface area (Å²) in [5.74, 6) is 0. The van der Waals surface area contributed by atoms with E-state index in [0.717, 1.165) is 5.46 Å². The highest BCUT2D eigenvalue weighted by Crippen LogP contribution is 2.47. The van der Waals surface area contributed by atoms with Gasteiger partial charge in [0.1, 0.15) is 0 Å². The average Bonchev–Trinajstić information content (AvgIpc) is 2.95. The molecule has 0 heterocycles. The maximum atomic E-state index is 10.4. The van der Waals surface area contributed by atoms with Crippen LogP contribution in [0.3, 0.4) is 0 Å². The molecular formula is C26H31BO2. The standard InChI is InChI=1S/C26H31BO2/c1-24(2,3)16-11-12-17-19-13-14-22(27-29-26(6,7)25(4,5)28)20-10-8-9-18(23(19)20)21(17)15-16/h8-15,27-28H,1-7H3. The van der Waals surface area contributed by atoms with Crippen LogP contribution in [-0.2, 0) is 10.1 Å². The molecule has 0 unspecified atom stereocenters. The molecule has 3 heteroatoms. The van der Waals surface area contributed by atoms with Gasteiger partial charge in [0.15, 0.2) is 0 Å². The van der Waals surface area contributed by atoms with Crippen LogP contribution < -0.4 is 5.46 Å². The fraction of sp³-hybridized carbons (Fsp3) is 0.385. The zero-order valence-electron chi connectivity index (χ0n) is 18.7. The Bertz CT molecular complexity index is 1100. The molecule has 0 radical (unpaired) electrons. The lowest BCUT2D eigenvalue weighted by Gasteiger charge is -2.37. The van der Waals surface area contributed by atoms with Gasteiger partial charge < -0.3 is 9.76 Å². The third-order valence-electron chi connectivity index (χ3n) is 6.66. The summed E-state index contributed by atoms with van der Waals surface area (Å²) in [6.45, 7) is 14.3. The van der Waals surface area contributed by atoms with Crippen molar-refractivity contribution in [1.29, 1.82) is 0 Å². The van der Waals surface area contributed by atoms with E-state index in [1.54, 1.807) is 13.8 Å². The van der Waals surface area contributed by atoms with E-state index in [0.29, 0.717) is 7.48 Å². The molecule has 4 rings (SSSR count). The first-order chi connectivity index (χ1) is 13.4. The van der Waals surface area contributed by atoms with E-state index in [1.807, 2.05) is 13.8 Å². The Labute approximate surface area is 175 Å². The van der Waals surface area contributed by atoms with Crippen LogP contribution >= 0.6 is 0 Å². The number of fused-ring (bicyclic) bond motifs is 3. The van der Waals surface area contributed by atoms with Gasteiger partial charge in [-0.25, -0.2) is 0 Å². The van der Waals surface area contributed by atoms with Gasteiger partial charge in [0.05, 0.1) is 11.2 Å². The number of benzene rings is 3. The van der Waals surface area contributed by atoms with E-state index in [-0.39, 0.29) is 5.41 Å². The molecule has 0 bridgehead atoms. The van der Waals surface area contributed by atoms with Crippen LogP contribution in [0.1, 0.15) is 54.0 Å². The van der Waals surface area contributed by atoms with Gasteiger partial charge in [-0.15, -0.1) is 0 Å². The van der Waals surface area contributed by atoms with Crippen LogP contribution in [0, 0.1) is 0 Å². The molecule has 1 aliphatic carbocycles. The van der Waals surface area contributed by atoms with E-state index >= 15 is 0 Å². The molecule has 3 aromatic carbocycles. The van der Waals surface area contributed by atoms with Gasteiger partial charge >= 0.3 is 7.48 Å². The van der Waals surface area contributed by atoms with Gasteiger partial charge in [-0.3, -0.25) is 0 Å². The lowest BCUT2D eigenvalue weighted by molar-refractivity contribution is -0.0893. The van der Waals surface area contributed by atoms with Gasteiger partial charge in [-0.1, -0.05) is 63.2 Å². The van der Waals surface area contributed by atoms with Crippen molar-refractivity contribution < 1.29 is 9.76 Å². The summed E-state index contributed by atoms with van der Waals surface area (Å²) in [4.78, 5) is 0. The molecule has 1 N–H and O–H groups in total. The largest absolute Gasteiger partial charge is 0.427 e. The van der Waals surface area contributed by atoms with Crippen molar-refractivity contribution in [3.05, 3.63) is 54.1 Å². The highest BCUT2D eigenvalue weighted by molar-refractivity contribution is 6.52. The van der Waals surface area contributed by atoms with Gasteiger partial charge in [0.2, 0.25) is 0 Å². The number of aliphatic hydroxyl groups is 1. The Morgan fingerprint density at radius 2 is 1.41 bits per heavy atom. The predicted molar refractivity (Wildman–Crippen MR) is 125 cm³/mol. The topological polar surface area (TPSA) is 29.5 Å². The molecule has 0 atom stereocenters. The zero-order chi connectivity index (χ0) is 21.2. The van der Waals surface area contributed by atoms with Gasteiger partial charge in [0, 0.05) is 0 Å². The molecule has 0 fully saturated rings. The van der Waals surface area contributed by atoms with Crippen molar-refractivity contribution in [3.63, 3.8) is 0 Å². The normalized spacial score (nSPS) is 13.7. The quantitative estimate of drug-likeness (QED) is 0.481. The highest BCUT2D eigenvalue weighted by atomic mass is 16.5. The Kier molecular flexibility index (Phi) is 4.49. The second-order valence-electron chi connectivity index (χ2n) is 10.4. The minimum Gasteiger partial charge on any atom is -0.427 e. The van der Waals surface area contributed by atoms with Crippen LogP contribution in [0.5, 0.6) is 0 Å². The average molecular weight is 386 g/mol. The molecule has 1 aliphatic rings. The SMILES string of the molecule is CC(C)(C)c1ccc2c(c1)-c1cccc3c(BOC(C)(C)C(C)(C)O)ccc-2c13. The van der Waals surface area contributed by atoms with Crippen molar-refractivity contribution in [1.82, 2.24) is 0 Å². The molecule has 150 valence electrons. The first kappa shape index (κ1) is 20.2. The number of hydrogen-bond acceptors (Lipinski definition) is 2. The summed E-state index contributed by atoms with van der Waals surface area (Å²) in [7, 11) is 0.473. The van der Waals surface area contributed by atoms with Gasteiger partial charge in [-0.2, -0.15) is 0 Å². The van der Waals surface area contributed by atoms with Crippen molar-refractivity contribution >= 4 is 23.7 Å². The predicted octanol–water partition coefficient (Wildman–Crippen LogP) is 5.33. The van der Waals surface area contributed by atoms with Crippen LogP contribution in [-0.4, -0.2) is 23.8 Å². The Hall–Kier alpha value is -2.10. The molecular weight excluding hydrogens is 355 g/mol. The number of hydrogen-bond donors (Lipinski definition) is 1. The van der Waals surface area contributed by atoms with Crippen LogP contribution in [0.2, 0.25) is 0 Å². The second-order valence-corrected chi connectivity index (χ2v) is 10.4. The van der Waals surface area contributed by atoms with Crippen LogP contribution in [0.4, 0.5) is 0 Å². The third kappa shape index (κ3) is 3.31. The molecule has 3 aromatic rings. The second kappa shape index (κ2) is 6.45. The molecule has 29 heavy (non-hydrogen) atoms. The summed E-state index contributed by atoms with van der Waals surface area (Å²) >= 11 is 0. The van der Waals surface area contributed by atoms with Crippen LogP contribution in [0.25, 0.3) is 33.0 Å². The van der Waals surface area contributed by atoms with Crippen LogP contribution in [0.15, 0.2) is 48.5 Å². The summed E-state index contributed by atoms with van der Waals surface area (Å²) in [6, 6.07) is 17.9. The fourth-order valence-corrected chi connectivity index (χ4v) is 3.95. The van der Waals surface area contributed by atoms with E-state index < -0.39 is 11.2 Å². The van der Waals surface area contributed by atoms with E-state index in [4.69, 9.17) is 4.65 Å². The summed E-state index contributed by atoms with van der Waals surface area (Å²) in [5.41, 5.74) is 6.34. The Morgan fingerprint density at radius 3 is 2.07 bits per heavy atom. The van der Waals surface area contributed by atoms with Crippen molar-refractivity contribution in [2.45, 2.75) is 65.1 Å². The lowest BCUT2D eigenvalue weighted by Crippen LogP contribution is -2.49. The van der Waals surface area contributed by atoms with Crippen molar-refractivity contribution in [2.24, 2.45) is 0 Å². The molecule has 0 amide bonds. The first-order valence-corrected chi connectivity index (χ1v) is 10.5. The lowest BCUT2D eigenvalue weighted by atomic mass is 9.79.